The van der Waals surface area contributed by atoms with Gasteiger partial charge in [-0.3, -0.25) is 15.1 Å². The molecule has 2 rings (SSSR count). The standard InChI is InChI=1S/C17H21N3O4S2/c1-10(2)13(14(21)20-16(18)23)24-15(22)12-6-4-3-5-11(12)9-26-17-19-7-8-25-17/h3-6,10,13H,7-9H2,1-2H3,(H3,18,20,21,23)/t13-/m1/s1. The highest BCUT2D eigenvalue weighted by Gasteiger charge is 2.28. The molecule has 3 N–H and O–H groups in total. The second-order valence-electron chi connectivity index (χ2n) is 5.87. The number of nitrogens with zero attached hydrogens (tertiary/aromatic N) is 1. The SMILES string of the molecule is CC(C)[C@@H](OC(=O)c1ccccc1CSC1=NCCS1)C(=O)NC(N)=O. The zero-order valence-electron chi connectivity index (χ0n) is 14.6. The second kappa shape index (κ2) is 9.63. The van der Waals surface area contributed by atoms with E-state index in [1.54, 1.807) is 49.5 Å². The van der Waals surface area contributed by atoms with Crippen LogP contribution in [0.1, 0.15) is 29.8 Å². The van der Waals surface area contributed by atoms with E-state index in [-0.39, 0.29) is 5.92 Å². The van der Waals surface area contributed by atoms with Gasteiger partial charge in [-0.05, 0) is 17.5 Å². The Morgan fingerprint density at radius 1 is 1.35 bits per heavy atom. The van der Waals surface area contributed by atoms with E-state index in [0.29, 0.717) is 11.3 Å². The highest BCUT2D eigenvalue weighted by molar-refractivity contribution is 8.38. The number of rotatable bonds is 6. The third kappa shape index (κ3) is 5.77. The average molecular weight is 396 g/mol. The van der Waals surface area contributed by atoms with Gasteiger partial charge in [-0.2, -0.15) is 0 Å². The molecule has 0 unspecified atom stereocenters. The Morgan fingerprint density at radius 2 is 2.08 bits per heavy atom. The molecule has 1 aliphatic rings. The van der Waals surface area contributed by atoms with Gasteiger partial charge in [0.1, 0.15) is 4.38 Å². The summed E-state index contributed by atoms with van der Waals surface area (Å²) in [6, 6.07) is 6.10. The summed E-state index contributed by atoms with van der Waals surface area (Å²) in [6.45, 7) is 4.26. The lowest BCUT2D eigenvalue weighted by atomic mass is 10.1. The molecule has 0 fully saturated rings. The molecule has 0 spiro atoms. The minimum absolute atomic E-state index is 0.316. The molecule has 0 saturated heterocycles. The number of carbonyl (C=O) groups is 3. The molecule has 0 bridgehead atoms. The normalized spacial score (nSPS) is 14.7. The molecular weight excluding hydrogens is 374 g/mol. The number of esters is 1. The van der Waals surface area contributed by atoms with Crippen LogP contribution in [0.5, 0.6) is 0 Å². The van der Waals surface area contributed by atoms with E-state index < -0.39 is 24.0 Å². The number of aliphatic imine (C=N–C) groups is 1. The summed E-state index contributed by atoms with van der Waals surface area (Å²) in [5, 5.41) is 1.96. The van der Waals surface area contributed by atoms with Crippen molar-refractivity contribution in [1.29, 1.82) is 0 Å². The summed E-state index contributed by atoms with van der Waals surface area (Å²) in [5.74, 6) is -0.0948. The van der Waals surface area contributed by atoms with Crippen molar-refractivity contribution in [3.05, 3.63) is 35.4 Å². The van der Waals surface area contributed by atoms with Gasteiger partial charge in [-0.1, -0.05) is 55.6 Å². The summed E-state index contributed by atoms with van der Waals surface area (Å²) >= 11 is 3.27. The molecule has 1 aromatic rings. The quantitative estimate of drug-likeness (QED) is 0.716. The maximum Gasteiger partial charge on any atom is 0.339 e. The summed E-state index contributed by atoms with van der Waals surface area (Å²) in [6.07, 6.45) is -1.11. The Labute approximate surface area is 160 Å². The highest BCUT2D eigenvalue weighted by atomic mass is 32.2. The first kappa shape index (κ1) is 20.3. The van der Waals surface area contributed by atoms with Crippen molar-refractivity contribution < 1.29 is 19.1 Å². The lowest BCUT2D eigenvalue weighted by molar-refractivity contribution is -0.130. The van der Waals surface area contributed by atoms with E-state index in [1.807, 2.05) is 17.4 Å². The van der Waals surface area contributed by atoms with Crippen molar-refractivity contribution in [3.63, 3.8) is 0 Å². The van der Waals surface area contributed by atoms with Gasteiger partial charge in [0.05, 0.1) is 12.1 Å². The van der Waals surface area contributed by atoms with Crippen molar-refractivity contribution in [2.75, 3.05) is 12.3 Å². The lowest BCUT2D eigenvalue weighted by Gasteiger charge is -2.20. The predicted octanol–water partition coefficient (Wildman–Crippen LogP) is 2.40. The van der Waals surface area contributed by atoms with Gasteiger partial charge in [0.15, 0.2) is 6.10 Å². The second-order valence-corrected chi connectivity index (χ2v) is 8.17. The van der Waals surface area contributed by atoms with Gasteiger partial charge in [0.2, 0.25) is 0 Å². The van der Waals surface area contributed by atoms with Crippen molar-refractivity contribution in [2.24, 2.45) is 16.6 Å². The number of nitrogens with two attached hydrogens (primary N) is 1. The fraction of sp³-hybridized carbons (Fsp3) is 0.412. The van der Waals surface area contributed by atoms with Crippen LogP contribution in [0.4, 0.5) is 4.79 Å². The van der Waals surface area contributed by atoms with Gasteiger partial charge >= 0.3 is 12.0 Å². The molecule has 3 amide bonds. The molecule has 9 heteroatoms. The smallest absolute Gasteiger partial charge is 0.339 e. The molecule has 0 aromatic heterocycles. The topological polar surface area (TPSA) is 111 Å². The first-order chi connectivity index (χ1) is 12.4. The molecular formula is C17H21N3O4S2. The van der Waals surface area contributed by atoms with Gasteiger partial charge in [-0.25, -0.2) is 9.59 Å². The fourth-order valence-electron chi connectivity index (χ4n) is 2.25. The maximum absolute atomic E-state index is 12.6. The number of nitrogens with one attached hydrogen (secondary N) is 1. The van der Waals surface area contributed by atoms with Crippen LogP contribution in [-0.2, 0) is 15.3 Å². The minimum Gasteiger partial charge on any atom is -0.448 e. The van der Waals surface area contributed by atoms with Crippen LogP contribution in [0.3, 0.4) is 0 Å². The van der Waals surface area contributed by atoms with Crippen LogP contribution < -0.4 is 11.1 Å². The molecule has 7 nitrogen and oxygen atoms in total. The number of benzene rings is 1. The van der Waals surface area contributed by atoms with Crippen LogP contribution >= 0.6 is 23.5 Å². The lowest BCUT2D eigenvalue weighted by Crippen LogP contribution is -2.45. The number of primary amides is 1. The Bertz CT molecular complexity index is 722. The average Bonchev–Trinajstić information content (AvgIpc) is 3.10. The van der Waals surface area contributed by atoms with Crippen LogP contribution in [0.2, 0.25) is 0 Å². The van der Waals surface area contributed by atoms with E-state index >= 15 is 0 Å². The van der Waals surface area contributed by atoms with Crippen molar-refractivity contribution in [2.45, 2.75) is 25.7 Å². The highest BCUT2D eigenvalue weighted by Crippen LogP contribution is 2.27. The Kier molecular flexibility index (Phi) is 7.52. The number of carbonyl (C=O) groups excluding carboxylic acids is 3. The maximum atomic E-state index is 12.6. The van der Waals surface area contributed by atoms with E-state index in [9.17, 15) is 14.4 Å². The van der Waals surface area contributed by atoms with Crippen molar-refractivity contribution in [1.82, 2.24) is 5.32 Å². The molecule has 1 atom stereocenters. The Morgan fingerprint density at radius 3 is 2.69 bits per heavy atom. The summed E-state index contributed by atoms with van der Waals surface area (Å²) < 4.78 is 6.38. The zero-order valence-corrected chi connectivity index (χ0v) is 16.2. The number of thioether (sulfide) groups is 2. The summed E-state index contributed by atoms with van der Waals surface area (Å²) in [4.78, 5) is 39.9. The molecule has 140 valence electrons. The molecule has 1 aromatic carbocycles. The largest absolute Gasteiger partial charge is 0.448 e. The number of amides is 3. The number of urea groups is 1. The van der Waals surface area contributed by atoms with Crippen LogP contribution in [0.15, 0.2) is 29.3 Å². The van der Waals surface area contributed by atoms with Crippen LogP contribution in [-0.4, -0.2) is 40.7 Å². The van der Waals surface area contributed by atoms with E-state index in [4.69, 9.17) is 10.5 Å². The van der Waals surface area contributed by atoms with Gasteiger partial charge < -0.3 is 10.5 Å². The molecule has 26 heavy (non-hydrogen) atoms. The van der Waals surface area contributed by atoms with Gasteiger partial charge in [-0.15, -0.1) is 0 Å². The van der Waals surface area contributed by atoms with Gasteiger partial charge in [0.25, 0.3) is 5.91 Å². The van der Waals surface area contributed by atoms with E-state index in [2.05, 4.69) is 4.99 Å². The summed E-state index contributed by atoms with van der Waals surface area (Å²) in [5.41, 5.74) is 6.16. The van der Waals surface area contributed by atoms with Gasteiger partial charge in [0, 0.05) is 11.5 Å². The predicted molar refractivity (Wildman–Crippen MR) is 104 cm³/mol. The molecule has 1 heterocycles. The number of ether oxygens (including phenoxy) is 1. The fourth-order valence-corrected chi connectivity index (χ4v) is 4.26. The van der Waals surface area contributed by atoms with Crippen LogP contribution in [0.25, 0.3) is 0 Å². The third-order valence-corrected chi connectivity index (χ3v) is 5.79. The van der Waals surface area contributed by atoms with Crippen molar-refractivity contribution in [3.8, 4) is 0 Å². The number of hydrogen-bond acceptors (Lipinski definition) is 7. The Hall–Kier alpha value is -2.00. The number of imide groups is 1. The number of hydrogen-bond donors (Lipinski definition) is 2. The molecule has 0 saturated carbocycles. The monoisotopic (exact) mass is 395 g/mol. The van der Waals surface area contributed by atoms with E-state index in [0.717, 1.165) is 22.2 Å². The first-order valence-electron chi connectivity index (χ1n) is 8.07. The minimum atomic E-state index is -1.11. The third-order valence-electron chi connectivity index (χ3n) is 3.49. The van der Waals surface area contributed by atoms with Crippen LogP contribution in [0, 0.1) is 5.92 Å². The molecule has 0 radical (unpaired) electrons. The zero-order chi connectivity index (χ0) is 19.1. The Balaban J connectivity index is 2.09. The molecule has 1 aliphatic heterocycles. The summed E-state index contributed by atoms with van der Waals surface area (Å²) in [7, 11) is 0. The van der Waals surface area contributed by atoms with E-state index in [1.165, 1.54) is 0 Å². The molecule has 0 aliphatic carbocycles. The first-order valence-corrected chi connectivity index (χ1v) is 10.0. The van der Waals surface area contributed by atoms with Crippen molar-refractivity contribution >= 4 is 45.8 Å².